The van der Waals surface area contributed by atoms with Gasteiger partial charge in [0.2, 0.25) is 0 Å². The Bertz CT molecular complexity index is 1150. The Morgan fingerprint density at radius 2 is 1.87 bits per heavy atom. The van der Waals surface area contributed by atoms with E-state index < -0.39 is 11.9 Å². The third-order valence-corrected chi connectivity index (χ3v) is 6.46. The molecular formula is C23H22F3N5. The molecule has 0 atom stereocenters. The number of rotatable bonds is 5. The SMILES string of the molecule is C=C(Nc1cc2cc(-c3cn[nH]c3)ccc2cn1)C1CC2(C1)CN(C(=C)C(F)(F)F)C2. The lowest BCUT2D eigenvalue weighted by molar-refractivity contribution is -0.146. The second kappa shape index (κ2) is 6.87. The fourth-order valence-electron chi connectivity index (χ4n) is 4.69. The monoisotopic (exact) mass is 425 g/mol. The standard InChI is InChI=1S/C23H22F3N5/c1-14(19-7-22(8-19)12-31(13-22)15(2)23(24,25)26)30-21-6-18-5-16(20-10-28-29-11-20)3-4-17(18)9-27-21/h3-6,9-11,19H,1-2,7-8,12-13H2,(H,27,30)(H,28,29). The molecule has 1 aliphatic carbocycles. The van der Waals surface area contributed by atoms with Crippen molar-refractivity contribution in [3.8, 4) is 11.1 Å². The third-order valence-electron chi connectivity index (χ3n) is 6.46. The molecule has 1 aromatic carbocycles. The van der Waals surface area contributed by atoms with Gasteiger partial charge in [-0.3, -0.25) is 5.10 Å². The molecule has 2 N–H and O–H groups in total. The first kappa shape index (κ1) is 19.7. The van der Waals surface area contributed by atoms with E-state index in [2.05, 4.69) is 39.7 Å². The zero-order chi connectivity index (χ0) is 21.8. The van der Waals surface area contributed by atoms with Gasteiger partial charge in [-0.1, -0.05) is 25.3 Å². The van der Waals surface area contributed by atoms with Gasteiger partial charge >= 0.3 is 6.18 Å². The van der Waals surface area contributed by atoms with Crippen LogP contribution in [0, 0.1) is 11.3 Å². The van der Waals surface area contributed by atoms with Crippen molar-refractivity contribution in [3.05, 3.63) is 67.4 Å². The molecule has 0 amide bonds. The molecule has 3 aromatic rings. The smallest absolute Gasteiger partial charge is 0.367 e. The lowest BCUT2D eigenvalue weighted by Crippen LogP contribution is -2.63. The van der Waals surface area contributed by atoms with E-state index in [0.29, 0.717) is 18.9 Å². The number of aromatic nitrogens is 3. The highest BCUT2D eigenvalue weighted by Gasteiger charge is 2.55. The Labute approximate surface area is 177 Å². The van der Waals surface area contributed by atoms with Crippen LogP contribution in [0.1, 0.15) is 12.8 Å². The van der Waals surface area contributed by atoms with E-state index >= 15 is 0 Å². The Kier molecular flexibility index (Phi) is 4.35. The van der Waals surface area contributed by atoms with Crippen molar-refractivity contribution in [2.75, 3.05) is 18.4 Å². The van der Waals surface area contributed by atoms with Crippen LogP contribution in [-0.4, -0.2) is 39.3 Å². The Morgan fingerprint density at radius 3 is 2.55 bits per heavy atom. The maximum Gasteiger partial charge on any atom is 0.430 e. The number of allylic oxidation sites excluding steroid dienone is 2. The predicted molar refractivity (Wildman–Crippen MR) is 114 cm³/mol. The van der Waals surface area contributed by atoms with Crippen LogP contribution in [-0.2, 0) is 0 Å². The Balaban J connectivity index is 1.21. The van der Waals surface area contributed by atoms with Crippen molar-refractivity contribution in [1.29, 1.82) is 0 Å². The number of hydrogen-bond acceptors (Lipinski definition) is 4. The summed E-state index contributed by atoms with van der Waals surface area (Å²) in [4.78, 5) is 5.81. The summed E-state index contributed by atoms with van der Waals surface area (Å²) >= 11 is 0. The van der Waals surface area contributed by atoms with Gasteiger partial charge in [0.15, 0.2) is 0 Å². The molecule has 0 radical (unpaired) electrons. The zero-order valence-corrected chi connectivity index (χ0v) is 16.8. The topological polar surface area (TPSA) is 56.8 Å². The summed E-state index contributed by atoms with van der Waals surface area (Å²) in [7, 11) is 0. The first-order valence-corrected chi connectivity index (χ1v) is 10.1. The largest absolute Gasteiger partial charge is 0.430 e. The van der Waals surface area contributed by atoms with Gasteiger partial charge in [0.1, 0.15) is 11.5 Å². The second-order valence-corrected chi connectivity index (χ2v) is 8.67. The van der Waals surface area contributed by atoms with Crippen LogP contribution in [0.3, 0.4) is 0 Å². The molecule has 1 spiro atoms. The van der Waals surface area contributed by atoms with Crippen LogP contribution in [0.4, 0.5) is 19.0 Å². The number of nitrogens with one attached hydrogen (secondary N) is 2. The third kappa shape index (κ3) is 3.56. The maximum atomic E-state index is 12.8. The molecule has 5 rings (SSSR count). The summed E-state index contributed by atoms with van der Waals surface area (Å²) in [5.41, 5.74) is 2.15. The molecule has 2 fully saturated rings. The lowest BCUT2D eigenvalue weighted by atomic mass is 9.57. The van der Waals surface area contributed by atoms with E-state index in [0.717, 1.165) is 40.4 Å². The number of likely N-dealkylation sites (tertiary alicyclic amines) is 1. The average Bonchev–Trinajstić information content (AvgIpc) is 3.19. The van der Waals surface area contributed by atoms with E-state index in [4.69, 9.17) is 0 Å². The number of aromatic amines is 1. The molecule has 31 heavy (non-hydrogen) atoms. The number of pyridine rings is 1. The van der Waals surface area contributed by atoms with Gasteiger partial charge in [-0.25, -0.2) is 4.98 Å². The number of H-pyrrole nitrogens is 1. The van der Waals surface area contributed by atoms with Crippen molar-refractivity contribution in [2.45, 2.75) is 19.0 Å². The van der Waals surface area contributed by atoms with Gasteiger partial charge in [0.25, 0.3) is 0 Å². The number of nitrogens with zero attached hydrogens (tertiary/aromatic N) is 3. The van der Waals surface area contributed by atoms with Crippen molar-refractivity contribution in [3.63, 3.8) is 0 Å². The molecule has 3 heterocycles. The fourth-order valence-corrected chi connectivity index (χ4v) is 4.69. The Hall–Kier alpha value is -3.29. The molecule has 1 aliphatic heterocycles. The van der Waals surface area contributed by atoms with E-state index in [9.17, 15) is 13.2 Å². The summed E-state index contributed by atoms with van der Waals surface area (Å²) in [6.45, 7) is 8.17. The van der Waals surface area contributed by atoms with Crippen LogP contribution >= 0.6 is 0 Å². The molecule has 1 saturated carbocycles. The molecular weight excluding hydrogens is 403 g/mol. The molecule has 2 aliphatic rings. The number of halogens is 3. The number of anilines is 1. The van der Waals surface area contributed by atoms with E-state index in [1.165, 1.54) is 4.90 Å². The summed E-state index contributed by atoms with van der Waals surface area (Å²) in [6.07, 6.45) is 2.76. The van der Waals surface area contributed by atoms with Crippen LogP contribution in [0.5, 0.6) is 0 Å². The summed E-state index contributed by atoms with van der Waals surface area (Å²) in [5.74, 6) is 0.944. The first-order valence-electron chi connectivity index (χ1n) is 10.1. The number of fused-ring (bicyclic) bond motifs is 1. The molecule has 0 bridgehead atoms. The quantitative estimate of drug-likeness (QED) is 0.580. The van der Waals surface area contributed by atoms with Crippen LogP contribution in [0.25, 0.3) is 21.9 Å². The fraction of sp³-hybridized carbons (Fsp3) is 0.304. The van der Waals surface area contributed by atoms with Crippen molar-refractivity contribution < 1.29 is 13.2 Å². The van der Waals surface area contributed by atoms with Gasteiger partial charge in [-0.15, -0.1) is 0 Å². The van der Waals surface area contributed by atoms with Gasteiger partial charge in [0.05, 0.1) is 6.20 Å². The normalized spacial score (nSPS) is 18.0. The minimum atomic E-state index is -4.35. The van der Waals surface area contributed by atoms with Crippen LogP contribution < -0.4 is 5.32 Å². The van der Waals surface area contributed by atoms with Crippen molar-refractivity contribution >= 4 is 16.6 Å². The lowest BCUT2D eigenvalue weighted by Gasteiger charge is -2.60. The number of benzene rings is 1. The molecule has 2 aromatic heterocycles. The van der Waals surface area contributed by atoms with E-state index in [1.807, 2.05) is 30.6 Å². The highest BCUT2D eigenvalue weighted by molar-refractivity contribution is 5.88. The molecule has 0 unspecified atom stereocenters. The molecule has 5 nitrogen and oxygen atoms in total. The second-order valence-electron chi connectivity index (χ2n) is 8.67. The van der Waals surface area contributed by atoms with Gasteiger partial charge in [-0.2, -0.15) is 18.3 Å². The zero-order valence-electron chi connectivity index (χ0n) is 16.8. The maximum absolute atomic E-state index is 12.8. The average molecular weight is 425 g/mol. The predicted octanol–water partition coefficient (Wildman–Crippen LogP) is 5.34. The van der Waals surface area contributed by atoms with Crippen LogP contribution in [0.2, 0.25) is 0 Å². The van der Waals surface area contributed by atoms with Gasteiger partial charge in [-0.05, 0) is 41.8 Å². The summed E-state index contributed by atoms with van der Waals surface area (Å²) in [5, 5.41) is 12.2. The van der Waals surface area contributed by atoms with E-state index in [-0.39, 0.29) is 11.3 Å². The van der Waals surface area contributed by atoms with Crippen LogP contribution in [0.15, 0.2) is 67.4 Å². The Morgan fingerprint density at radius 1 is 1.10 bits per heavy atom. The summed E-state index contributed by atoms with van der Waals surface area (Å²) in [6, 6.07) is 8.13. The number of alkyl halides is 3. The minimum Gasteiger partial charge on any atom is -0.367 e. The summed E-state index contributed by atoms with van der Waals surface area (Å²) < 4.78 is 38.3. The van der Waals surface area contributed by atoms with Gasteiger partial charge in [0, 0.05) is 47.5 Å². The van der Waals surface area contributed by atoms with Crippen molar-refractivity contribution in [2.24, 2.45) is 11.3 Å². The number of hydrogen-bond donors (Lipinski definition) is 2. The van der Waals surface area contributed by atoms with E-state index in [1.54, 1.807) is 6.20 Å². The minimum absolute atomic E-state index is 0.0419. The van der Waals surface area contributed by atoms with Gasteiger partial charge < -0.3 is 10.2 Å². The first-order chi connectivity index (χ1) is 14.7. The highest BCUT2D eigenvalue weighted by Crippen LogP contribution is 2.55. The van der Waals surface area contributed by atoms with Crippen molar-refractivity contribution in [1.82, 2.24) is 20.1 Å². The molecule has 160 valence electrons. The molecule has 1 saturated heterocycles. The highest BCUT2D eigenvalue weighted by atomic mass is 19.4. The molecule has 8 heteroatoms.